The van der Waals surface area contributed by atoms with E-state index >= 15 is 0 Å². The minimum absolute atomic E-state index is 0.0169. The highest BCUT2D eigenvalue weighted by atomic mass is 19.1. The third-order valence-corrected chi connectivity index (χ3v) is 7.94. The smallest absolute Gasteiger partial charge is 0.335 e. The molecule has 0 saturated carbocycles. The number of hydrogen-bond acceptors (Lipinski definition) is 8. The number of pyridine rings is 1. The third-order valence-electron chi connectivity index (χ3n) is 7.94. The molecule has 0 amide bonds. The highest BCUT2D eigenvalue weighted by Gasteiger charge is 2.24. The Balaban J connectivity index is 1.09. The van der Waals surface area contributed by atoms with Crippen LogP contribution in [-0.2, 0) is 26.2 Å². The predicted octanol–water partition coefficient (Wildman–Crippen LogP) is 5.03. The summed E-state index contributed by atoms with van der Waals surface area (Å²) in [5.74, 6) is -0.162. The summed E-state index contributed by atoms with van der Waals surface area (Å²) >= 11 is 0. The first-order valence-corrected chi connectivity index (χ1v) is 14.8. The van der Waals surface area contributed by atoms with Gasteiger partial charge in [0.05, 0.1) is 59.0 Å². The molecule has 0 aliphatic carbocycles. The SMILES string of the molecule is CCn1cncc1Cn1c(CN2CCC(Oc3cccc(COc4ccc(C#N)cc4F)n3)CC2)nc2ccc(C(=O)O)cc21. The van der Waals surface area contributed by atoms with Gasteiger partial charge < -0.3 is 23.7 Å². The number of piperidine rings is 1. The van der Waals surface area contributed by atoms with Crippen LogP contribution in [0.3, 0.4) is 0 Å². The second-order valence-corrected chi connectivity index (χ2v) is 10.9. The van der Waals surface area contributed by atoms with Crippen molar-refractivity contribution in [3.63, 3.8) is 0 Å². The van der Waals surface area contributed by atoms with Crippen LogP contribution in [0.4, 0.5) is 4.39 Å². The van der Waals surface area contributed by atoms with Gasteiger partial charge >= 0.3 is 5.97 Å². The Hall–Kier alpha value is -5.28. The van der Waals surface area contributed by atoms with Crippen LogP contribution in [0.1, 0.15) is 52.9 Å². The van der Waals surface area contributed by atoms with E-state index in [2.05, 4.69) is 30.9 Å². The average molecular weight is 610 g/mol. The molecule has 1 aliphatic rings. The molecular formula is C33H32FN7O4. The molecule has 4 heterocycles. The fourth-order valence-electron chi connectivity index (χ4n) is 5.53. The van der Waals surface area contributed by atoms with Gasteiger partial charge in [0.1, 0.15) is 18.5 Å². The van der Waals surface area contributed by atoms with E-state index in [4.69, 9.17) is 19.7 Å². The lowest BCUT2D eigenvalue weighted by Crippen LogP contribution is -2.38. The lowest BCUT2D eigenvalue weighted by Gasteiger charge is -2.31. The zero-order valence-electron chi connectivity index (χ0n) is 24.8. The molecule has 1 saturated heterocycles. The summed E-state index contributed by atoms with van der Waals surface area (Å²) in [5, 5.41) is 18.5. The standard InChI is InChI=1S/C33H32FN7O4/c1-2-40-21-36-17-25(40)18-41-29-15-23(33(42)43)7-8-28(29)38-31(41)19-39-12-10-26(11-13-39)45-32-5-3-4-24(37-32)20-44-30-9-6-22(16-35)14-27(30)34/h3-9,14-15,17,21,26H,2,10-13,18-20H2,1H3,(H,42,43). The summed E-state index contributed by atoms with van der Waals surface area (Å²) in [6.45, 7) is 5.64. The van der Waals surface area contributed by atoms with Crippen LogP contribution in [0.15, 0.2) is 67.1 Å². The fourth-order valence-corrected chi connectivity index (χ4v) is 5.53. The summed E-state index contributed by atoms with van der Waals surface area (Å²) in [6, 6.07) is 16.4. The van der Waals surface area contributed by atoms with Gasteiger partial charge in [-0.1, -0.05) is 6.07 Å². The molecule has 12 heteroatoms. The van der Waals surface area contributed by atoms with E-state index in [9.17, 15) is 14.3 Å². The number of imidazole rings is 2. The largest absolute Gasteiger partial charge is 0.484 e. The molecule has 1 N–H and O–H groups in total. The molecule has 45 heavy (non-hydrogen) atoms. The molecule has 0 unspecified atom stereocenters. The van der Waals surface area contributed by atoms with E-state index in [1.54, 1.807) is 36.7 Å². The van der Waals surface area contributed by atoms with Gasteiger partial charge in [-0.25, -0.2) is 24.1 Å². The van der Waals surface area contributed by atoms with Crippen molar-refractivity contribution in [1.82, 2.24) is 29.0 Å². The van der Waals surface area contributed by atoms with Gasteiger partial charge in [-0.15, -0.1) is 0 Å². The van der Waals surface area contributed by atoms with Crippen LogP contribution < -0.4 is 9.47 Å². The van der Waals surface area contributed by atoms with Crippen molar-refractivity contribution in [2.24, 2.45) is 0 Å². The molecule has 0 bridgehead atoms. The maximum absolute atomic E-state index is 14.2. The minimum Gasteiger partial charge on any atom is -0.484 e. The molecular weight excluding hydrogens is 577 g/mol. The first-order valence-electron chi connectivity index (χ1n) is 14.8. The quantitative estimate of drug-likeness (QED) is 0.219. The first kappa shape index (κ1) is 29.8. The van der Waals surface area contributed by atoms with Crippen LogP contribution in [0.2, 0.25) is 0 Å². The van der Waals surface area contributed by atoms with Gasteiger partial charge in [-0.2, -0.15) is 5.26 Å². The maximum Gasteiger partial charge on any atom is 0.335 e. The number of rotatable bonds is 11. The number of hydrogen-bond donors (Lipinski definition) is 1. The average Bonchev–Trinajstić information content (AvgIpc) is 3.65. The normalized spacial score (nSPS) is 14.0. The van der Waals surface area contributed by atoms with Crippen LogP contribution in [0, 0.1) is 17.1 Å². The van der Waals surface area contributed by atoms with Gasteiger partial charge in [0.2, 0.25) is 5.88 Å². The lowest BCUT2D eigenvalue weighted by molar-refractivity contribution is 0.0697. The van der Waals surface area contributed by atoms with Gasteiger partial charge in [-0.05, 0) is 62.2 Å². The van der Waals surface area contributed by atoms with E-state index in [1.165, 1.54) is 12.1 Å². The second kappa shape index (κ2) is 13.2. The van der Waals surface area contributed by atoms with Crippen molar-refractivity contribution in [2.75, 3.05) is 13.1 Å². The highest BCUT2D eigenvalue weighted by Crippen LogP contribution is 2.24. The number of ether oxygens (including phenoxy) is 2. The number of carboxylic acids is 1. The van der Waals surface area contributed by atoms with E-state index < -0.39 is 11.8 Å². The van der Waals surface area contributed by atoms with E-state index in [0.717, 1.165) is 61.1 Å². The highest BCUT2D eigenvalue weighted by molar-refractivity contribution is 5.92. The number of aromatic carboxylic acids is 1. The van der Waals surface area contributed by atoms with Crippen molar-refractivity contribution < 1.29 is 23.8 Å². The van der Waals surface area contributed by atoms with Gasteiger partial charge in [0.15, 0.2) is 11.6 Å². The van der Waals surface area contributed by atoms with Crippen LogP contribution >= 0.6 is 0 Å². The first-order chi connectivity index (χ1) is 21.9. The zero-order valence-corrected chi connectivity index (χ0v) is 24.8. The molecule has 2 aromatic carbocycles. The number of likely N-dealkylation sites (tertiary alicyclic amines) is 1. The number of fused-ring (bicyclic) bond motifs is 1. The number of halogens is 1. The summed E-state index contributed by atoms with van der Waals surface area (Å²) < 4.78 is 30.1. The van der Waals surface area contributed by atoms with Gasteiger partial charge in [-0.3, -0.25) is 4.90 Å². The zero-order chi connectivity index (χ0) is 31.3. The molecule has 1 fully saturated rings. The van der Waals surface area contributed by atoms with E-state index in [-0.39, 0.29) is 29.6 Å². The topological polar surface area (TPSA) is 131 Å². The third kappa shape index (κ3) is 6.78. The number of carbonyl (C=O) groups is 1. The van der Waals surface area contributed by atoms with Crippen molar-refractivity contribution >= 4 is 17.0 Å². The molecule has 0 spiro atoms. The summed E-state index contributed by atoms with van der Waals surface area (Å²) in [7, 11) is 0. The van der Waals surface area contributed by atoms with Gasteiger partial charge in [0.25, 0.3) is 0 Å². The van der Waals surface area contributed by atoms with Crippen LogP contribution in [0.5, 0.6) is 11.6 Å². The molecule has 230 valence electrons. The molecule has 11 nitrogen and oxygen atoms in total. The molecule has 3 aromatic heterocycles. The molecule has 5 aromatic rings. The Morgan fingerprint density at radius 2 is 1.96 bits per heavy atom. The Morgan fingerprint density at radius 1 is 1.11 bits per heavy atom. The van der Waals surface area contributed by atoms with Crippen LogP contribution in [-0.4, -0.2) is 59.3 Å². The van der Waals surface area contributed by atoms with Crippen LogP contribution in [0.25, 0.3) is 11.0 Å². The number of nitriles is 1. The number of nitrogens with zero attached hydrogens (tertiary/aromatic N) is 7. The number of benzene rings is 2. The van der Waals surface area contributed by atoms with E-state index in [1.807, 2.05) is 18.3 Å². The molecule has 1 aliphatic heterocycles. The molecule has 6 rings (SSSR count). The molecule has 0 radical (unpaired) electrons. The Bertz CT molecular complexity index is 1870. The lowest BCUT2D eigenvalue weighted by atomic mass is 10.1. The predicted molar refractivity (Wildman–Crippen MR) is 162 cm³/mol. The van der Waals surface area contributed by atoms with Crippen molar-refractivity contribution in [1.29, 1.82) is 5.26 Å². The Morgan fingerprint density at radius 3 is 2.71 bits per heavy atom. The van der Waals surface area contributed by atoms with E-state index in [0.29, 0.717) is 24.7 Å². The minimum atomic E-state index is -0.973. The monoisotopic (exact) mass is 609 g/mol. The van der Waals surface area contributed by atoms with Crippen molar-refractivity contribution in [2.45, 2.75) is 52.1 Å². The number of aryl methyl sites for hydroxylation is 1. The Kier molecular flexibility index (Phi) is 8.70. The second-order valence-electron chi connectivity index (χ2n) is 10.9. The molecule has 0 atom stereocenters. The maximum atomic E-state index is 14.2. The Labute approximate surface area is 259 Å². The fraction of sp³-hybridized carbons (Fsp3) is 0.303. The summed E-state index contributed by atoms with van der Waals surface area (Å²) in [5.41, 5.74) is 3.61. The van der Waals surface area contributed by atoms with Gasteiger partial charge in [0, 0.05) is 31.9 Å². The number of carboxylic acid groups (broad SMARTS) is 1. The summed E-state index contributed by atoms with van der Waals surface area (Å²) in [4.78, 5) is 27.8. The van der Waals surface area contributed by atoms with Crippen molar-refractivity contribution in [3.05, 3.63) is 101 Å². The summed E-state index contributed by atoms with van der Waals surface area (Å²) in [6.07, 6.45) is 5.21. The van der Waals surface area contributed by atoms with Crippen molar-refractivity contribution in [3.8, 4) is 17.7 Å². The number of aromatic nitrogens is 5.